The average Bonchev–Trinajstić information content (AvgIpc) is 2.77. The minimum absolute atomic E-state index is 0.344. The predicted molar refractivity (Wildman–Crippen MR) is 71.4 cm³/mol. The maximum absolute atomic E-state index is 11.7. The third kappa shape index (κ3) is 2.67. The van der Waals surface area contributed by atoms with Crippen LogP contribution in [0.5, 0.6) is 0 Å². The first-order valence-corrected chi connectivity index (χ1v) is 6.32. The van der Waals surface area contributed by atoms with Crippen molar-refractivity contribution in [2.45, 2.75) is 31.7 Å². The number of aromatic amines is 1. The van der Waals surface area contributed by atoms with Crippen LogP contribution in [0.3, 0.4) is 0 Å². The summed E-state index contributed by atoms with van der Waals surface area (Å²) in [5.41, 5.74) is 7.95. The summed E-state index contributed by atoms with van der Waals surface area (Å²) in [5.74, 6) is 0.386. The van der Waals surface area contributed by atoms with Crippen molar-refractivity contribution < 1.29 is 4.74 Å². The van der Waals surface area contributed by atoms with Crippen molar-refractivity contribution in [2.24, 2.45) is 5.11 Å². The quantitative estimate of drug-likeness (QED) is 0.369. The molecule has 1 fully saturated rings. The van der Waals surface area contributed by atoms with E-state index in [1.54, 1.807) is 6.92 Å². The van der Waals surface area contributed by atoms with Gasteiger partial charge in [0.15, 0.2) is 0 Å². The summed E-state index contributed by atoms with van der Waals surface area (Å²) >= 11 is 4.13. The number of aromatic nitrogens is 2. The van der Waals surface area contributed by atoms with Gasteiger partial charge in [-0.3, -0.25) is 14.3 Å². The molecule has 2 rings (SSSR count). The first-order chi connectivity index (χ1) is 9.06. The van der Waals surface area contributed by atoms with Crippen LogP contribution in [0.1, 0.15) is 18.2 Å². The Morgan fingerprint density at radius 2 is 2.42 bits per heavy atom. The number of ether oxygens (including phenoxy) is 1. The molecule has 19 heavy (non-hydrogen) atoms. The van der Waals surface area contributed by atoms with Gasteiger partial charge in [-0.25, -0.2) is 4.79 Å². The Kier molecular flexibility index (Phi) is 3.98. The molecule has 0 aromatic carbocycles. The van der Waals surface area contributed by atoms with Crippen LogP contribution >= 0.6 is 12.6 Å². The second-order valence-corrected chi connectivity index (χ2v) is 4.66. The molecule has 3 atom stereocenters. The molecule has 0 aliphatic carbocycles. The van der Waals surface area contributed by atoms with Gasteiger partial charge in [0.1, 0.15) is 6.23 Å². The molecule has 3 unspecified atom stereocenters. The number of rotatable bonds is 3. The van der Waals surface area contributed by atoms with Gasteiger partial charge in [-0.05, 0) is 12.5 Å². The zero-order valence-electron chi connectivity index (χ0n) is 10.2. The molecule has 1 aliphatic rings. The minimum Gasteiger partial charge on any atom is -0.353 e. The topological polar surface area (TPSA) is 113 Å². The number of hydrogen-bond acceptors (Lipinski definition) is 5. The van der Waals surface area contributed by atoms with E-state index < -0.39 is 17.5 Å². The molecule has 1 aromatic rings. The summed E-state index contributed by atoms with van der Waals surface area (Å²) in [6.07, 6.45) is 0.916. The molecule has 1 saturated heterocycles. The van der Waals surface area contributed by atoms with Crippen molar-refractivity contribution >= 4 is 12.6 Å². The normalized spacial score (nSPS) is 26.1. The molecule has 1 aromatic heterocycles. The van der Waals surface area contributed by atoms with Crippen molar-refractivity contribution in [1.29, 1.82) is 0 Å². The minimum atomic E-state index is -0.560. The molecule has 0 radical (unpaired) electrons. The Morgan fingerprint density at radius 3 is 3.05 bits per heavy atom. The molecule has 0 amide bonds. The molecule has 0 bridgehead atoms. The van der Waals surface area contributed by atoms with Gasteiger partial charge in [-0.15, -0.1) is 0 Å². The Morgan fingerprint density at radius 1 is 1.68 bits per heavy atom. The van der Waals surface area contributed by atoms with Crippen LogP contribution < -0.4 is 11.2 Å². The largest absolute Gasteiger partial charge is 0.353 e. The van der Waals surface area contributed by atoms with Crippen molar-refractivity contribution in [2.75, 3.05) is 5.75 Å². The highest BCUT2D eigenvalue weighted by molar-refractivity contribution is 7.80. The highest BCUT2D eigenvalue weighted by Crippen LogP contribution is 2.30. The summed E-state index contributed by atoms with van der Waals surface area (Å²) in [4.78, 5) is 28.0. The Bertz CT molecular complexity index is 633. The number of hydrogen-bond donors (Lipinski definition) is 2. The van der Waals surface area contributed by atoms with E-state index in [1.807, 2.05) is 0 Å². The van der Waals surface area contributed by atoms with Crippen LogP contribution in [0.4, 0.5) is 0 Å². The molecule has 0 saturated carbocycles. The summed E-state index contributed by atoms with van der Waals surface area (Å²) < 4.78 is 6.94. The van der Waals surface area contributed by atoms with E-state index in [0.717, 1.165) is 0 Å². The van der Waals surface area contributed by atoms with E-state index in [-0.39, 0.29) is 12.1 Å². The predicted octanol–water partition coefficient (Wildman–Crippen LogP) is 0.741. The van der Waals surface area contributed by atoms with E-state index in [2.05, 4.69) is 27.6 Å². The monoisotopic (exact) mass is 283 g/mol. The Balaban J connectivity index is 2.34. The van der Waals surface area contributed by atoms with Crippen LogP contribution in [0.15, 0.2) is 20.9 Å². The summed E-state index contributed by atoms with van der Waals surface area (Å²) in [6.45, 7) is 1.60. The van der Waals surface area contributed by atoms with Crippen LogP contribution in [-0.4, -0.2) is 27.4 Å². The van der Waals surface area contributed by atoms with Gasteiger partial charge in [0.05, 0.1) is 12.1 Å². The highest BCUT2D eigenvalue weighted by Gasteiger charge is 2.35. The number of azide groups is 1. The van der Waals surface area contributed by atoms with Crippen molar-refractivity contribution in [3.63, 3.8) is 0 Å². The van der Waals surface area contributed by atoms with Gasteiger partial charge in [0.2, 0.25) is 0 Å². The molecular formula is C10H13N5O3S. The van der Waals surface area contributed by atoms with E-state index in [1.165, 1.54) is 10.8 Å². The fourth-order valence-corrected chi connectivity index (χ4v) is 2.37. The first kappa shape index (κ1) is 13.7. The fraction of sp³-hybridized carbons (Fsp3) is 0.600. The number of aryl methyl sites for hydroxylation is 1. The van der Waals surface area contributed by atoms with Gasteiger partial charge >= 0.3 is 5.69 Å². The van der Waals surface area contributed by atoms with Gasteiger partial charge in [0, 0.05) is 28.8 Å². The summed E-state index contributed by atoms with van der Waals surface area (Å²) in [6, 6.07) is -0.369. The number of thiol groups is 1. The van der Waals surface area contributed by atoms with Crippen molar-refractivity contribution in [3.05, 3.63) is 43.0 Å². The SMILES string of the molecule is Cc1cn(C2CC(N=[N+]=[N-])C(CS)O2)c(=O)[nH]c1=O. The molecule has 102 valence electrons. The van der Waals surface area contributed by atoms with Gasteiger partial charge < -0.3 is 4.74 Å². The Labute approximate surface area is 113 Å². The highest BCUT2D eigenvalue weighted by atomic mass is 32.1. The van der Waals surface area contributed by atoms with E-state index in [9.17, 15) is 9.59 Å². The van der Waals surface area contributed by atoms with Crippen molar-refractivity contribution in [3.8, 4) is 0 Å². The lowest BCUT2D eigenvalue weighted by atomic mass is 10.1. The Hall–Kier alpha value is -1.70. The average molecular weight is 283 g/mol. The molecule has 8 nitrogen and oxygen atoms in total. The van der Waals surface area contributed by atoms with E-state index in [0.29, 0.717) is 17.7 Å². The second kappa shape index (κ2) is 5.52. The summed E-state index contributed by atoms with van der Waals surface area (Å²) in [5, 5.41) is 3.64. The van der Waals surface area contributed by atoms with Crippen LogP contribution in [0.25, 0.3) is 10.4 Å². The number of H-pyrrole nitrogens is 1. The molecule has 1 N–H and O–H groups in total. The smallest absolute Gasteiger partial charge is 0.330 e. The van der Waals surface area contributed by atoms with Crippen molar-refractivity contribution in [1.82, 2.24) is 9.55 Å². The third-order valence-corrected chi connectivity index (χ3v) is 3.40. The van der Waals surface area contributed by atoms with Crippen LogP contribution in [0, 0.1) is 6.92 Å². The third-order valence-electron chi connectivity index (χ3n) is 3.04. The molecule has 0 spiro atoms. The molecule has 1 aliphatic heterocycles. The maximum atomic E-state index is 11.7. The molecular weight excluding hydrogens is 270 g/mol. The van der Waals surface area contributed by atoms with E-state index >= 15 is 0 Å². The van der Waals surface area contributed by atoms with Gasteiger partial charge in [-0.2, -0.15) is 12.6 Å². The van der Waals surface area contributed by atoms with Gasteiger partial charge in [0.25, 0.3) is 5.56 Å². The standard InChI is InChI=1S/C10H13N5O3S/c1-5-3-15(10(17)12-9(5)16)8-2-6(13-14-11)7(4-19)18-8/h3,6-8,19H,2,4H2,1H3,(H,12,16,17). The lowest BCUT2D eigenvalue weighted by Crippen LogP contribution is -2.33. The summed E-state index contributed by atoms with van der Waals surface area (Å²) in [7, 11) is 0. The number of nitrogens with zero attached hydrogens (tertiary/aromatic N) is 4. The molecule has 2 heterocycles. The van der Waals surface area contributed by atoms with Gasteiger partial charge in [-0.1, -0.05) is 5.11 Å². The molecule has 9 heteroatoms. The van der Waals surface area contributed by atoms with Crippen LogP contribution in [0.2, 0.25) is 0 Å². The lowest BCUT2D eigenvalue weighted by Gasteiger charge is -2.15. The van der Waals surface area contributed by atoms with Crippen LogP contribution in [-0.2, 0) is 4.74 Å². The first-order valence-electron chi connectivity index (χ1n) is 5.69. The zero-order valence-corrected chi connectivity index (χ0v) is 11.1. The second-order valence-electron chi connectivity index (χ2n) is 4.30. The van der Waals surface area contributed by atoms with E-state index in [4.69, 9.17) is 10.3 Å². The maximum Gasteiger partial charge on any atom is 0.330 e. The number of nitrogens with one attached hydrogen (secondary N) is 1. The zero-order chi connectivity index (χ0) is 14.0. The fourth-order valence-electron chi connectivity index (χ4n) is 2.04. The lowest BCUT2D eigenvalue weighted by molar-refractivity contribution is 0.00832.